The number of ether oxygens (including phenoxy) is 2. The van der Waals surface area contributed by atoms with E-state index in [1.807, 2.05) is 12.1 Å². The maximum absolute atomic E-state index is 6.41. The monoisotopic (exact) mass is 504 g/mol. The van der Waals surface area contributed by atoms with Gasteiger partial charge in [-0.25, -0.2) is 0 Å². The topological polar surface area (TPSA) is 27.7 Å². The maximum atomic E-state index is 6.41. The molecule has 0 fully saturated rings. The van der Waals surface area contributed by atoms with Crippen LogP contribution in [-0.2, 0) is 19.3 Å². The Hall–Kier alpha value is -2.77. The van der Waals surface area contributed by atoms with E-state index in [0.29, 0.717) is 26.2 Å². The lowest BCUT2D eigenvalue weighted by Crippen LogP contribution is -1.98. The van der Waals surface area contributed by atoms with Crippen molar-refractivity contribution in [3.05, 3.63) is 76.9 Å². The first kappa shape index (κ1) is 27.8. The standard InChI is InChI=1S/C32H41O3P/c1-21(2)9-25-12-24(7)13-28(14-25)33-29-15-26(10-22(3)4)16-30(19-29)34-31-17-27(11-23(5)6)18-32(20-31)35-36-8/h12-23H,8-11H2,1-7H3. The molecule has 36 heavy (non-hydrogen) atoms. The van der Waals surface area contributed by atoms with Gasteiger partial charge in [-0.1, -0.05) is 47.6 Å². The molecule has 0 atom stereocenters. The van der Waals surface area contributed by atoms with E-state index in [0.717, 1.165) is 48.0 Å². The molecule has 0 aliphatic heterocycles. The highest BCUT2D eigenvalue weighted by atomic mass is 31.1. The second-order valence-corrected chi connectivity index (χ2v) is 11.4. The lowest BCUT2D eigenvalue weighted by molar-refractivity contribution is 0.455. The van der Waals surface area contributed by atoms with Crippen LogP contribution in [-0.4, -0.2) is 6.30 Å². The smallest absolute Gasteiger partial charge is 0.135 e. The number of benzene rings is 3. The summed E-state index contributed by atoms with van der Waals surface area (Å²) >= 11 is 0. The lowest BCUT2D eigenvalue weighted by Gasteiger charge is -2.16. The first-order chi connectivity index (χ1) is 17.1. The number of aryl methyl sites for hydroxylation is 1. The zero-order valence-electron chi connectivity index (χ0n) is 22.9. The average Bonchev–Trinajstić information content (AvgIpc) is 2.71. The Morgan fingerprint density at radius 2 is 0.917 bits per heavy atom. The van der Waals surface area contributed by atoms with Crippen LogP contribution >= 0.6 is 8.43 Å². The van der Waals surface area contributed by atoms with E-state index in [4.69, 9.17) is 14.0 Å². The summed E-state index contributed by atoms with van der Waals surface area (Å²) < 4.78 is 18.5. The predicted molar refractivity (Wildman–Crippen MR) is 155 cm³/mol. The normalized spacial score (nSPS) is 11.5. The molecular formula is C32H41O3P. The van der Waals surface area contributed by atoms with Gasteiger partial charge >= 0.3 is 0 Å². The molecule has 3 rings (SSSR count). The Labute approximate surface area is 219 Å². The van der Waals surface area contributed by atoms with E-state index in [9.17, 15) is 0 Å². The summed E-state index contributed by atoms with van der Waals surface area (Å²) in [6.45, 7) is 15.5. The van der Waals surface area contributed by atoms with Crippen LogP contribution in [0, 0.1) is 24.7 Å². The van der Waals surface area contributed by atoms with Crippen molar-refractivity contribution >= 4 is 14.7 Å². The molecule has 0 bridgehead atoms. The van der Waals surface area contributed by atoms with Crippen LogP contribution in [0.3, 0.4) is 0 Å². The summed E-state index contributed by atoms with van der Waals surface area (Å²) in [6, 6.07) is 18.8. The maximum Gasteiger partial charge on any atom is 0.135 e. The van der Waals surface area contributed by atoms with Crippen LogP contribution in [0.5, 0.6) is 28.7 Å². The van der Waals surface area contributed by atoms with Gasteiger partial charge in [0.2, 0.25) is 0 Å². The Balaban J connectivity index is 1.94. The van der Waals surface area contributed by atoms with Crippen LogP contribution in [0.25, 0.3) is 0 Å². The van der Waals surface area contributed by atoms with Gasteiger partial charge in [-0.2, -0.15) is 0 Å². The molecule has 0 unspecified atom stereocenters. The minimum absolute atomic E-state index is 0.523. The van der Waals surface area contributed by atoms with Gasteiger partial charge in [-0.05, 0) is 109 Å². The molecule has 192 valence electrons. The highest BCUT2D eigenvalue weighted by molar-refractivity contribution is 7.31. The summed E-state index contributed by atoms with van der Waals surface area (Å²) in [5.74, 6) is 5.60. The summed E-state index contributed by atoms with van der Waals surface area (Å²) in [7, 11) is 0.615. The molecule has 0 saturated carbocycles. The van der Waals surface area contributed by atoms with Gasteiger partial charge in [0, 0.05) is 12.1 Å². The highest BCUT2D eigenvalue weighted by Crippen LogP contribution is 2.34. The molecular weight excluding hydrogens is 463 g/mol. The van der Waals surface area contributed by atoms with Crippen molar-refractivity contribution in [3.8, 4) is 28.7 Å². The molecule has 0 radical (unpaired) electrons. The fourth-order valence-electron chi connectivity index (χ4n) is 4.49. The zero-order chi connectivity index (χ0) is 26.2. The summed E-state index contributed by atoms with van der Waals surface area (Å²) in [4.78, 5) is 0. The fourth-order valence-corrected chi connectivity index (χ4v) is 4.74. The van der Waals surface area contributed by atoms with Gasteiger partial charge in [0.15, 0.2) is 0 Å². The SMILES string of the molecule is C=POc1cc(CC(C)C)cc(Oc2cc(CC(C)C)cc(Oc3cc(C)cc(CC(C)C)c3)c2)c1. The second kappa shape index (κ2) is 13.0. The van der Waals surface area contributed by atoms with Gasteiger partial charge in [0.05, 0.1) is 0 Å². The first-order valence-electron chi connectivity index (χ1n) is 13.0. The number of rotatable bonds is 12. The Bertz CT molecular complexity index is 1160. The van der Waals surface area contributed by atoms with Crippen LogP contribution in [0.4, 0.5) is 0 Å². The van der Waals surface area contributed by atoms with Gasteiger partial charge < -0.3 is 14.0 Å². The molecule has 3 aromatic carbocycles. The zero-order valence-corrected chi connectivity index (χ0v) is 23.8. The molecule has 0 aromatic heterocycles. The van der Waals surface area contributed by atoms with E-state index < -0.39 is 0 Å². The van der Waals surface area contributed by atoms with Crippen molar-refractivity contribution in [2.24, 2.45) is 17.8 Å². The molecule has 0 aliphatic rings. The van der Waals surface area contributed by atoms with E-state index in [1.165, 1.54) is 22.3 Å². The van der Waals surface area contributed by atoms with Crippen molar-refractivity contribution in [2.75, 3.05) is 0 Å². The van der Waals surface area contributed by atoms with Crippen molar-refractivity contribution < 1.29 is 14.0 Å². The van der Waals surface area contributed by atoms with E-state index in [-0.39, 0.29) is 0 Å². The largest absolute Gasteiger partial charge is 0.457 e. The fraction of sp³-hybridized carbons (Fsp3) is 0.406. The molecule has 0 saturated heterocycles. The first-order valence-corrected chi connectivity index (χ1v) is 14.0. The van der Waals surface area contributed by atoms with Crippen LogP contribution in [0.1, 0.15) is 63.8 Å². The average molecular weight is 505 g/mol. The quantitative estimate of drug-likeness (QED) is 0.230. The molecule has 0 aliphatic carbocycles. The number of hydrogen-bond acceptors (Lipinski definition) is 3. The molecule has 4 heteroatoms. The van der Waals surface area contributed by atoms with Crippen molar-refractivity contribution in [1.29, 1.82) is 0 Å². The minimum atomic E-state index is 0.523. The van der Waals surface area contributed by atoms with Crippen LogP contribution in [0.2, 0.25) is 0 Å². The van der Waals surface area contributed by atoms with Crippen molar-refractivity contribution in [3.63, 3.8) is 0 Å². The van der Waals surface area contributed by atoms with Crippen LogP contribution in [0.15, 0.2) is 54.6 Å². The highest BCUT2D eigenvalue weighted by Gasteiger charge is 2.11. The molecule has 3 aromatic rings. The van der Waals surface area contributed by atoms with Crippen molar-refractivity contribution in [2.45, 2.75) is 67.7 Å². The summed E-state index contributed by atoms with van der Waals surface area (Å²) in [5.41, 5.74) is 4.89. The van der Waals surface area contributed by atoms with E-state index in [1.54, 1.807) is 0 Å². The number of hydrogen-bond donors (Lipinski definition) is 0. The predicted octanol–water partition coefficient (Wildman–Crippen LogP) is 9.85. The van der Waals surface area contributed by atoms with Gasteiger partial charge in [0.1, 0.15) is 37.2 Å². The van der Waals surface area contributed by atoms with Crippen LogP contribution < -0.4 is 14.0 Å². The third kappa shape index (κ3) is 9.03. The van der Waals surface area contributed by atoms with Gasteiger partial charge in [-0.15, -0.1) is 0 Å². The van der Waals surface area contributed by atoms with Gasteiger partial charge in [0.25, 0.3) is 0 Å². The Kier molecular flexibility index (Phi) is 10.0. The van der Waals surface area contributed by atoms with E-state index >= 15 is 0 Å². The molecule has 3 nitrogen and oxygen atoms in total. The summed E-state index contributed by atoms with van der Waals surface area (Å²) in [6.07, 6.45) is 6.73. The molecule has 0 heterocycles. The minimum Gasteiger partial charge on any atom is -0.457 e. The third-order valence-corrected chi connectivity index (χ3v) is 5.90. The molecule has 0 spiro atoms. The molecule has 0 amide bonds. The Morgan fingerprint density at radius 1 is 0.556 bits per heavy atom. The third-order valence-electron chi connectivity index (χ3n) is 5.56. The molecule has 0 N–H and O–H groups in total. The lowest BCUT2D eigenvalue weighted by atomic mass is 10.0. The van der Waals surface area contributed by atoms with Gasteiger partial charge in [-0.3, -0.25) is 0 Å². The van der Waals surface area contributed by atoms with Crippen molar-refractivity contribution in [1.82, 2.24) is 0 Å². The second-order valence-electron chi connectivity index (χ2n) is 11.0. The Morgan fingerprint density at radius 3 is 1.33 bits per heavy atom. The summed E-state index contributed by atoms with van der Waals surface area (Å²) in [5, 5.41) is 0. The van der Waals surface area contributed by atoms with E-state index in [2.05, 4.69) is 97.2 Å².